The average Bonchev–Trinajstić information content (AvgIpc) is 2.67. The van der Waals surface area contributed by atoms with Gasteiger partial charge in [0.15, 0.2) is 0 Å². The number of ether oxygens (including phenoxy) is 2. The van der Waals surface area contributed by atoms with Crippen LogP contribution < -0.4 is 4.74 Å². The van der Waals surface area contributed by atoms with E-state index in [0.717, 1.165) is 24.6 Å². The summed E-state index contributed by atoms with van der Waals surface area (Å²) in [6.07, 6.45) is -1.75. The Labute approximate surface area is 167 Å². The number of alkyl halides is 3. The molecule has 0 bridgehead atoms. The van der Waals surface area contributed by atoms with Crippen LogP contribution in [0.4, 0.5) is 13.2 Å². The first-order valence-corrected chi connectivity index (χ1v) is 10.2. The van der Waals surface area contributed by atoms with Crippen molar-refractivity contribution < 1.29 is 27.8 Å². The van der Waals surface area contributed by atoms with Crippen molar-refractivity contribution in [3.63, 3.8) is 0 Å². The SMILES string of the molecule is CCOCCCCCOc1ccc(C2=NN=C(CCO)CS2)cc1C(F)(F)F. The molecule has 0 unspecified atom stereocenters. The Morgan fingerprint density at radius 2 is 1.93 bits per heavy atom. The maximum atomic E-state index is 13.5. The van der Waals surface area contributed by atoms with Gasteiger partial charge in [-0.2, -0.15) is 18.3 Å². The van der Waals surface area contributed by atoms with Crippen molar-refractivity contribution in [1.82, 2.24) is 0 Å². The predicted octanol–water partition coefficient (Wildman–Crippen LogP) is 4.52. The Bertz CT molecular complexity index is 693. The van der Waals surface area contributed by atoms with Gasteiger partial charge in [-0.1, -0.05) is 11.8 Å². The van der Waals surface area contributed by atoms with Crippen LogP contribution in [0.25, 0.3) is 0 Å². The lowest BCUT2D eigenvalue weighted by Gasteiger charge is -2.17. The fourth-order valence-electron chi connectivity index (χ4n) is 2.54. The Kier molecular flexibility index (Phi) is 9.27. The molecular formula is C19H25F3N2O3S. The summed E-state index contributed by atoms with van der Waals surface area (Å²) in [6.45, 7) is 3.43. The van der Waals surface area contributed by atoms with Gasteiger partial charge in [-0.15, -0.1) is 5.10 Å². The summed E-state index contributed by atoms with van der Waals surface area (Å²) in [5, 5.41) is 17.3. The van der Waals surface area contributed by atoms with Crippen LogP contribution in [0.15, 0.2) is 28.4 Å². The van der Waals surface area contributed by atoms with Crippen LogP contribution in [0.1, 0.15) is 43.7 Å². The molecule has 0 fully saturated rings. The van der Waals surface area contributed by atoms with E-state index < -0.39 is 11.7 Å². The Balaban J connectivity index is 2.03. The van der Waals surface area contributed by atoms with E-state index in [1.807, 2.05) is 6.92 Å². The molecule has 5 nitrogen and oxygen atoms in total. The first-order valence-electron chi connectivity index (χ1n) is 9.25. The van der Waals surface area contributed by atoms with Crippen molar-refractivity contribution in [2.45, 2.75) is 38.8 Å². The molecule has 0 radical (unpaired) electrons. The highest BCUT2D eigenvalue weighted by Crippen LogP contribution is 2.38. The van der Waals surface area contributed by atoms with Gasteiger partial charge in [0.25, 0.3) is 0 Å². The van der Waals surface area contributed by atoms with Crippen LogP contribution in [0.2, 0.25) is 0 Å². The average molecular weight is 418 g/mol. The minimum atomic E-state index is -4.52. The molecule has 1 N–H and O–H groups in total. The van der Waals surface area contributed by atoms with Gasteiger partial charge in [0.1, 0.15) is 10.8 Å². The fourth-order valence-corrected chi connectivity index (χ4v) is 3.44. The summed E-state index contributed by atoms with van der Waals surface area (Å²) in [7, 11) is 0. The van der Waals surface area contributed by atoms with E-state index in [0.29, 0.717) is 42.4 Å². The Morgan fingerprint density at radius 3 is 2.57 bits per heavy atom. The number of nitrogens with zero attached hydrogens (tertiary/aromatic N) is 2. The third kappa shape index (κ3) is 7.10. The molecule has 1 aliphatic heterocycles. The quantitative estimate of drug-likeness (QED) is 0.537. The van der Waals surface area contributed by atoms with Gasteiger partial charge in [-0.05, 0) is 44.4 Å². The molecule has 1 aromatic carbocycles. The number of aliphatic hydroxyl groups is 1. The smallest absolute Gasteiger partial charge is 0.419 e. The van der Waals surface area contributed by atoms with Crippen LogP contribution in [-0.2, 0) is 10.9 Å². The number of hydrogen-bond donors (Lipinski definition) is 1. The number of unbranched alkanes of at least 4 members (excludes halogenated alkanes) is 2. The number of halogens is 3. The zero-order chi connectivity index (χ0) is 20.4. The monoisotopic (exact) mass is 418 g/mol. The van der Waals surface area contributed by atoms with Crippen LogP contribution in [0.5, 0.6) is 5.75 Å². The van der Waals surface area contributed by atoms with E-state index in [1.165, 1.54) is 17.8 Å². The molecule has 28 heavy (non-hydrogen) atoms. The van der Waals surface area contributed by atoms with Gasteiger partial charge < -0.3 is 14.6 Å². The molecule has 156 valence electrons. The third-order valence-electron chi connectivity index (χ3n) is 3.98. The van der Waals surface area contributed by atoms with Gasteiger partial charge in [-0.25, -0.2) is 0 Å². The van der Waals surface area contributed by atoms with Gasteiger partial charge >= 0.3 is 6.18 Å². The summed E-state index contributed by atoms with van der Waals surface area (Å²) < 4.78 is 51.1. The van der Waals surface area contributed by atoms with E-state index in [-0.39, 0.29) is 19.0 Å². The molecule has 1 aliphatic rings. The van der Waals surface area contributed by atoms with E-state index in [1.54, 1.807) is 6.07 Å². The maximum Gasteiger partial charge on any atom is 0.419 e. The lowest BCUT2D eigenvalue weighted by molar-refractivity contribution is -0.139. The second-order valence-electron chi connectivity index (χ2n) is 6.15. The molecule has 0 amide bonds. The van der Waals surface area contributed by atoms with E-state index in [2.05, 4.69) is 10.2 Å². The highest BCUT2D eigenvalue weighted by molar-refractivity contribution is 8.15. The lowest BCUT2D eigenvalue weighted by atomic mass is 10.1. The Hall–Kier alpha value is -1.58. The topological polar surface area (TPSA) is 63.4 Å². The largest absolute Gasteiger partial charge is 0.493 e. The van der Waals surface area contributed by atoms with Crippen LogP contribution >= 0.6 is 11.8 Å². The first-order chi connectivity index (χ1) is 13.5. The standard InChI is InChI=1S/C19H25F3N2O3S/c1-2-26-10-4-3-5-11-27-17-7-6-14(12-16(17)19(20,21)22)18-24-23-15(8-9-25)13-28-18/h6-7,12,25H,2-5,8-11,13H2,1H3. The molecule has 0 aliphatic carbocycles. The molecule has 0 aromatic heterocycles. The Morgan fingerprint density at radius 1 is 1.14 bits per heavy atom. The zero-order valence-corrected chi connectivity index (χ0v) is 16.6. The fraction of sp³-hybridized carbons (Fsp3) is 0.579. The molecule has 0 saturated heterocycles. The van der Waals surface area contributed by atoms with Gasteiger partial charge in [-0.3, -0.25) is 0 Å². The number of aliphatic hydroxyl groups excluding tert-OH is 1. The minimum Gasteiger partial charge on any atom is -0.493 e. The highest BCUT2D eigenvalue weighted by atomic mass is 32.2. The second kappa shape index (κ2) is 11.4. The zero-order valence-electron chi connectivity index (χ0n) is 15.8. The highest BCUT2D eigenvalue weighted by Gasteiger charge is 2.35. The first kappa shape index (κ1) is 22.7. The lowest BCUT2D eigenvalue weighted by Crippen LogP contribution is -2.14. The van der Waals surface area contributed by atoms with E-state index in [9.17, 15) is 13.2 Å². The third-order valence-corrected chi connectivity index (χ3v) is 5.05. The molecule has 1 heterocycles. The predicted molar refractivity (Wildman–Crippen MR) is 105 cm³/mol. The molecule has 0 spiro atoms. The summed E-state index contributed by atoms with van der Waals surface area (Å²) in [5.74, 6) is 0.327. The summed E-state index contributed by atoms with van der Waals surface area (Å²) in [6, 6.07) is 3.97. The van der Waals surface area contributed by atoms with E-state index >= 15 is 0 Å². The summed E-state index contributed by atoms with van der Waals surface area (Å²) >= 11 is 1.31. The van der Waals surface area contributed by atoms with Crippen molar-refractivity contribution in [3.05, 3.63) is 29.3 Å². The number of rotatable bonds is 11. The molecule has 0 saturated carbocycles. The van der Waals surface area contributed by atoms with Crippen LogP contribution in [-0.4, -0.2) is 48.0 Å². The van der Waals surface area contributed by atoms with E-state index in [4.69, 9.17) is 14.6 Å². The number of hydrogen-bond acceptors (Lipinski definition) is 6. The van der Waals surface area contributed by atoms with Crippen molar-refractivity contribution in [2.75, 3.05) is 32.2 Å². The van der Waals surface area contributed by atoms with Crippen molar-refractivity contribution in [3.8, 4) is 5.75 Å². The second-order valence-corrected chi connectivity index (χ2v) is 7.11. The van der Waals surface area contributed by atoms with Crippen LogP contribution in [0.3, 0.4) is 0 Å². The van der Waals surface area contributed by atoms with Crippen molar-refractivity contribution >= 4 is 22.5 Å². The molecule has 2 rings (SSSR count). The normalized spacial score (nSPS) is 14.6. The van der Waals surface area contributed by atoms with Crippen molar-refractivity contribution in [1.29, 1.82) is 0 Å². The van der Waals surface area contributed by atoms with Gasteiger partial charge in [0.2, 0.25) is 0 Å². The minimum absolute atomic E-state index is 0.0276. The number of benzene rings is 1. The molecule has 9 heteroatoms. The maximum absolute atomic E-state index is 13.5. The molecule has 1 aromatic rings. The van der Waals surface area contributed by atoms with Gasteiger partial charge in [0, 0.05) is 37.6 Å². The summed E-state index contributed by atoms with van der Waals surface area (Å²) in [5.41, 5.74) is 0.262. The van der Waals surface area contributed by atoms with Crippen molar-refractivity contribution in [2.24, 2.45) is 10.2 Å². The van der Waals surface area contributed by atoms with Gasteiger partial charge in [0.05, 0.1) is 17.9 Å². The molecule has 0 atom stereocenters. The number of thioether (sulfide) groups is 1. The van der Waals surface area contributed by atoms with Crippen LogP contribution in [0, 0.1) is 0 Å². The summed E-state index contributed by atoms with van der Waals surface area (Å²) in [4.78, 5) is 0. The molecular weight excluding hydrogens is 393 g/mol.